The van der Waals surface area contributed by atoms with E-state index in [1.54, 1.807) is 0 Å². The molecule has 0 radical (unpaired) electrons. The van der Waals surface area contributed by atoms with Crippen molar-refractivity contribution < 1.29 is 18.3 Å². The van der Waals surface area contributed by atoms with Crippen molar-refractivity contribution >= 4 is 5.97 Å². The number of esters is 1. The van der Waals surface area contributed by atoms with Crippen molar-refractivity contribution in [1.82, 2.24) is 0 Å². The molecule has 2 N–H and O–H groups in total. The number of carbonyl (C=O) groups excluding carboxylic acids is 1. The van der Waals surface area contributed by atoms with Crippen LogP contribution in [0, 0.1) is 18.6 Å². The predicted octanol–water partition coefficient (Wildman–Crippen LogP) is 1.49. The Bertz CT molecular complexity index is 407. The number of carbonyl (C=O) groups is 1. The van der Waals surface area contributed by atoms with Crippen molar-refractivity contribution in [3.05, 3.63) is 34.9 Å². The maximum atomic E-state index is 13.7. The largest absolute Gasteiger partial charge is 0.469 e. The van der Waals surface area contributed by atoms with Gasteiger partial charge >= 0.3 is 5.97 Å². The van der Waals surface area contributed by atoms with Gasteiger partial charge in [0.15, 0.2) is 0 Å². The Kier molecular flexibility index (Phi) is 3.95. The molecule has 0 amide bonds. The van der Waals surface area contributed by atoms with Crippen LogP contribution >= 0.6 is 0 Å². The van der Waals surface area contributed by atoms with Gasteiger partial charge in [0, 0.05) is 12.1 Å². The monoisotopic (exact) mass is 229 g/mol. The molecule has 16 heavy (non-hydrogen) atoms. The summed E-state index contributed by atoms with van der Waals surface area (Å²) in [6.45, 7) is 1.28. The summed E-state index contributed by atoms with van der Waals surface area (Å²) in [4.78, 5) is 11.3. The minimum absolute atomic E-state index is 0.204. The number of hydrogen-bond donors (Lipinski definition) is 1. The third kappa shape index (κ3) is 2.19. The van der Waals surface area contributed by atoms with Crippen LogP contribution in [0.2, 0.25) is 0 Å². The maximum absolute atomic E-state index is 13.7. The number of methoxy groups -OCH3 is 1. The molecule has 1 atom stereocenters. The highest BCUT2D eigenvalue weighted by Crippen LogP contribution is 2.25. The summed E-state index contributed by atoms with van der Waals surface area (Å²) in [7, 11) is 1.15. The molecule has 0 fully saturated rings. The van der Waals surface area contributed by atoms with Gasteiger partial charge < -0.3 is 10.5 Å². The number of hydrogen-bond acceptors (Lipinski definition) is 3. The molecule has 0 bridgehead atoms. The minimum Gasteiger partial charge on any atom is -0.469 e. The first-order chi connectivity index (χ1) is 7.52. The zero-order valence-electron chi connectivity index (χ0n) is 9.09. The highest BCUT2D eigenvalue weighted by atomic mass is 19.1. The lowest BCUT2D eigenvalue weighted by Gasteiger charge is -2.15. The summed E-state index contributed by atoms with van der Waals surface area (Å²) < 4.78 is 31.6. The summed E-state index contributed by atoms with van der Waals surface area (Å²) in [5.41, 5.74) is 5.27. The lowest BCUT2D eigenvalue weighted by atomic mass is 9.96. The van der Waals surface area contributed by atoms with Crippen molar-refractivity contribution in [2.45, 2.75) is 12.8 Å². The molecule has 0 saturated heterocycles. The van der Waals surface area contributed by atoms with E-state index < -0.39 is 23.5 Å². The Morgan fingerprint density at radius 1 is 1.50 bits per heavy atom. The first-order valence-corrected chi connectivity index (χ1v) is 4.75. The van der Waals surface area contributed by atoms with Crippen LogP contribution in [0.25, 0.3) is 0 Å². The maximum Gasteiger partial charge on any atom is 0.314 e. The average molecular weight is 229 g/mol. The van der Waals surface area contributed by atoms with Crippen molar-refractivity contribution in [1.29, 1.82) is 0 Å². The van der Waals surface area contributed by atoms with Gasteiger partial charge in [-0.15, -0.1) is 0 Å². The minimum atomic E-state index is -1.11. The number of halogens is 2. The van der Waals surface area contributed by atoms with Crippen LogP contribution in [-0.2, 0) is 9.53 Å². The topological polar surface area (TPSA) is 52.3 Å². The Labute approximate surface area is 92.2 Å². The Balaban J connectivity index is 3.29. The smallest absolute Gasteiger partial charge is 0.314 e. The lowest BCUT2D eigenvalue weighted by Crippen LogP contribution is -2.25. The van der Waals surface area contributed by atoms with Crippen LogP contribution in [-0.4, -0.2) is 19.6 Å². The fourth-order valence-corrected chi connectivity index (χ4v) is 1.47. The van der Waals surface area contributed by atoms with E-state index in [1.807, 2.05) is 0 Å². The van der Waals surface area contributed by atoms with Gasteiger partial charge in [0.05, 0.1) is 13.0 Å². The van der Waals surface area contributed by atoms with E-state index in [9.17, 15) is 13.6 Å². The third-order valence-corrected chi connectivity index (χ3v) is 2.39. The SMILES string of the molecule is COC(=O)C(CN)c1c(F)ccc(C)c1F. The average Bonchev–Trinajstić information content (AvgIpc) is 2.28. The molecule has 88 valence electrons. The summed E-state index contributed by atoms with van der Waals surface area (Å²) in [6.07, 6.45) is 0. The molecule has 0 heterocycles. The van der Waals surface area contributed by atoms with Crippen LogP contribution < -0.4 is 5.73 Å². The van der Waals surface area contributed by atoms with Crippen molar-refractivity contribution in [2.75, 3.05) is 13.7 Å². The summed E-state index contributed by atoms with van der Waals surface area (Å²) >= 11 is 0. The number of rotatable bonds is 3. The standard InChI is InChI=1S/C11H13F2NO2/c1-6-3-4-8(12)9(10(6)13)7(5-14)11(15)16-2/h3-4,7H,5,14H2,1-2H3. The van der Waals surface area contributed by atoms with Crippen molar-refractivity contribution in [3.63, 3.8) is 0 Å². The predicted molar refractivity (Wildman–Crippen MR) is 54.9 cm³/mol. The first kappa shape index (κ1) is 12.6. The van der Waals surface area contributed by atoms with Crippen LogP contribution in [0.3, 0.4) is 0 Å². The molecule has 1 aromatic carbocycles. The summed E-state index contributed by atoms with van der Waals surface area (Å²) in [5, 5.41) is 0. The van der Waals surface area contributed by atoms with Crippen LogP contribution in [0.4, 0.5) is 8.78 Å². The van der Waals surface area contributed by atoms with Crippen molar-refractivity contribution in [2.24, 2.45) is 5.73 Å². The quantitative estimate of drug-likeness (QED) is 0.799. The molecule has 3 nitrogen and oxygen atoms in total. The molecule has 5 heteroatoms. The second-order valence-electron chi connectivity index (χ2n) is 3.40. The fourth-order valence-electron chi connectivity index (χ4n) is 1.47. The van der Waals surface area contributed by atoms with Gasteiger partial charge in [-0.3, -0.25) is 4.79 Å². The van der Waals surface area contributed by atoms with E-state index in [2.05, 4.69) is 4.74 Å². The van der Waals surface area contributed by atoms with E-state index in [0.717, 1.165) is 13.2 Å². The molecule has 0 aliphatic heterocycles. The second-order valence-corrected chi connectivity index (χ2v) is 3.40. The Hall–Kier alpha value is -1.49. The summed E-state index contributed by atoms with van der Waals surface area (Å²) in [6, 6.07) is 2.42. The number of benzene rings is 1. The van der Waals surface area contributed by atoms with Crippen LogP contribution in [0.1, 0.15) is 17.0 Å². The van der Waals surface area contributed by atoms with E-state index in [4.69, 9.17) is 5.73 Å². The highest BCUT2D eigenvalue weighted by Gasteiger charge is 2.27. The van der Waals surface area contributed by atoms with Crippen molar-refractivity contribution in [3.8, 4) is 0 Å². The van der Waals surface area contributed by atoms with Crippen LogP contribution in [0.5, 0.6) is 0 Å². The van der Waals surface area contributed by atoms with Gasteiger partial charge in [-0.1, -0.05) is 6.07 Å². The normalized spacial score (nSPS) is 12.3. The van der Waals surface area contributed by atoms with Gasteiger partial charge in [-0.2, -0.15) is 0 Å². The zero-order valence-corrected chi connectivity index (χ0v) is 9.09. The van der Waals surface area contributed by atoms with Crippen LogP contribution in [0.15, 0.2) is 12.1 Å². The summed E-state index contributed by atoms with van der Waals surface area (Å²) in [5.74, 6) is -3.39. The van der Waals surface area contributed by atoms with Gasteiger partial charge in [0.1, 0.15) is 11.6 Å². The number of aryl methyl sites for hydroxylation is 1. The molecule has 0 saturated carbocycles. The first-order valence-electron chi connectivity index (χ1n) is 4.75. The van der Waals surface area contributed by atoms with Gasteiger partial charge in [-0.25, -0.2) is 8.78 Å². The van der Waals surface area contributed by atoms with E-state index >= 15 is 0 Å². The van der Waals surface area contributed by atoms with E-state index in [0.29, 0.717) is 0 Å². The zero-order chi connectivity index (χ0) is 12.3. The molecule has 0 spiro atoms. The Morgan fingerprint density at radius 3 is 2.62 bits per heavy atom. The molecule has 1 rings (SSSR count). The lowest BCUT2D eigenvalue weighted by molar-refractivity contribution is -0.142. The molecule has 1 aromatic rings. The molecule has 0 aliphatic rings. The molecule has 1 unspecified atom stereocenters. The second kappa shape index (κ2) is 5.03. The highest BCUT2D eigenvalue weighted by molar-refractivity contribution is 5.78. The molecular formula is C11H13F2NO2. The van der Waals surface area contributed by atoms with E-state index in [-0.39, 0.29) is 17.7 Å². The van der Waals surface area contributed by atoms with Gasteiger partial charge in [-0.05, 0) is 18.6 Å². The van der Waals surface area contributed by atoms with Gasteiger partial charge in [0.2, 0.25) is 0 Å². The van der Waals surface area contributed by atoms with E-state index in [1.165, 1.54) is 13.0 Å². The molecule has 0 aliphatic carbocycles. The number of ether oxygens (including phenoxy) is 1. The number of nitrogens with two attached hydrogens (primary N) is 1. The molecular weight excluding hydrogens is 216 g/mol. The molecule has 0 aromatic heterocycles. The third-order valence-electron chi connectivity index (χ3n) is 2.39. The van der Waals surface area contributed by atoms with Gasteiger partial charge in [0.25, 0.3) is 0 Å². The fraction of sp³-hybridized carbons (Fsp3) is 0.364. The Morgan fingerprint density at radius 2 is 2.12 bits per heavy atom.